The van der Waals surface area contributed by atoms with E-state index >= 15 is 0 Å². The summed E-state index contributed by atoms with van der Waals surface area (Å²) in [5, 5.41) is 19.7. The van der Waals surface area contributed by atoms with Crippen LogP contribution in [-0.2, 0) is 10.8 Å². The van der Waals surface area contributed by atoms with E-state index in [1.165, 1.54) is 154 Å². The number of rotatable bonds is 16. The van der Waals surface area contributed by atoms with Crippen molar-refractivity contribution in [2.24, 2.45) is 0 Å². The Morgan fingerprint density at radius 2 is 0.673 bits per heavy atom. The Hall–Kier alpha value is -9.28. The van der Waals surface area contributed by atoms with Crippen molar-refractivity contribution in [3.63, 3.8) is 0 Å². The highest BCUT2D eigenvalue weighted by atomic mass is 32.2. The van der Waals surface area contributed by atoms with Gasteiger partial charge in [-0.2, -0.15) is 11.8 Å². The zero-order valence-corrected chi connectivity index (χ0v) is 56.8. The minimum absolute atomic E-state index is 0.251. The topological polar surface area (TPSA) is 36.9 Å². The van der Waals surface area contributed by atoms with Gasteiger partial charge in [0.1, 0.15) is 48.3 Å². The summed E-state index contributed by atoms with van der Waals surface area (Å²) < 4.78 is 26.1. The monoisotopic (exact) mass is 1340 g/mol. The maximum absolute atomic E-state index is 6.73. The highest BCUT2D eigenvalue weighted by Crippen LogP contribution is 2.63. The Morgan fingerprint density at radius 3 is 1.12 bits per heavy atom. The van der Waals surface area contributed by atoms with E-state index in [-0.39, 0.29) is 5.44 Å². The van der Waals surface area contributed by atoms with E-state index < -0.39 is 10.8 Å². The molecule has 4 aliphatic heterocycles. The summed E-state index contributed by atoms with van der Waals surface area (Å²) in [6.07, 6.45) is 1.10. The number of benzene rings is 15. The lowest BCUT2D eigenvalue weighted by Gasteiger charge is -2.36. The summed E-state index contributed by atoms with van der Waals surface area (Å²) in [7, 11) is 0. The second-order valence-corrected chi connectivity index (χ2v) is 32.9. The van der Waals surface area contributed by atoms with Crippen molar-refractivity contribution in [3.8, 4) is 45.3 Å². The van der Waals surface area contributed by atoms with Gasteiger partial charge < -0.3 is 18.9 Å². The smallest absolute Gasteiger partial charge is 0.145 e. The maximum Gasteiger partial charge on any atom is 0.145 e. The summed E-state index contributed by atoms with van der Waals surface area (Å²) >= 11 is 7.98. The van der Waals surface area contributed by atoms with Crippen LogP contribution in [0.5, 0.6) is 23.0 Å². The molecular weight excluding hydrogens is 1270 g/mol. The fourth-order valence-corrected chi connectivity index (χ4v) is 20.7. The molecule has 15 aromatic carbocycles. The molecule has 472 valence electrons. The lowest BCUT2D eigenvalue weighted by Crippen LogP contribution is -2.29. The Labute approximate surface area is 586 Å². The molecule has 4 fully saturated rings. The largest absolute Gasteiger partial charge is 0.492 e. The van der Waals surface area contributed by atoms with Crippen LogP contribution >= 0.6 is 47.0 Å². The third-order valence-electron chi connectivity index (χ3n) is 22.0. The molecule has 15 aromatic rings. The lowest BCUT2D eigenvalue weighted by atomic mass is 9.65. The zero-order chi connectivity index (χ0) is 64.2. The van der Waals surface area contributed by atoms with Crippen molar-refractivity contribution >= 4 is 122 Å². The fourth-order valence-electron chi connectivity index (χ4n) is 17.0. The number of fused-ring (bicyclic) bond motifs is 16. The summed E-state index contributed by atoms with van der Waals surface area (Å²) in [5.74, 6) is 6.06. The molecule has 7 atom stereocenters. The normalized spacial score (nSPS) is 21.2. The molecule has 21 rings (SSSR count). The molecule has 6 aliphatic rings. The van der Waals surface area contributed by atoms with Gasteiger partial charge in [-0.1, -0.05) is 206 Å². The minimum atomic E-state index is -0.640. The van der Waals surface area contributed by atoms with Crippen molar-refractivity contribution in [2.45, 2.75) is 48.9 Å². The van der Waals surface area contributed by atoms with Crippen LogP contribution in [0, 0.1) is 0 Å². The molecular formula is C90H64O4S4. The van der Waals surface area contributed by atoms with E-state index in [1.54, 1.807) is 0 Å². The van der Waals surface area contributed by atoms with Gasteiger partial charge >= 0.3 is 0 Å². The van der Waals surface area contributed by atoms with Gasteiger partial charge in [0, 0.05) is 33.7 Å². The van der Waals surface area contributed by atoms with Crippen LogP contribution in [0.4, 0.5) is 0 Å². The van der Waals surface area contributed by atoms with Crippen molar-refractivity contribution in [1.29, 1.82) is 0 Å². The average Bonchev–Trinajstić information content (AvgIpc) is 1.48. The Morgan fingerprint density at radius 1 is 0.316 bits per heavy atom. The number of hydrogen-bond acceptors (Lipinski definition) is 8. The Balaban J connectivity index is 0.537. The van der Waals surface area contributed by atoms with Crippen molar-refractivity contribution in [2.75, 3.05) is 31.3 Å². The van der Waals surface area contributed by atoms with Gasteiger partial charge in [-0.3, -0.25) is 0 Å². The van der Waals surface area contributed by atoms with Crippen LogP contribution in [0.1, 0.15) is 50.9 Å². The van der Waals surface area contributed by atoms with Crippen molar-refractivity contribution < 1.29 is 18.9 Å². The van der Waals surface area contributed by atoms with E-state index in [0.29, 0.717) is 39.5 Å². The van der Waals surface area contributed by atoms with Crippen molar-refractivity contribution in [1.82, 2.24) is 0 Å². The van der Waals surface area contributed by atoms with Gasteiger partial charge in [0.2, 0.25) is 0 Å². The predicted octanol–water partition coefficient (Wildman–Crippen LogP) is 22.2. The maximum atomic E-state index is 6.73. The molecule has 0 amide bonds. The zero-order valence-electron chi connectivity index (χ0n) is 53.5. The summed E-state index contributed by atoms with van der Waals surface area (Å²) in [6.45, 7) is 2.14. The summed E-state index contributed by atoms with van der Waals surface area (Å²) in [6, 6.07) is 105. The third kappa shape index (κ3) is 9.30. The third-order valence-corrected chi connectivity index (χ3v) is 27.1. The summed E-state index contributed by atoms with van der Waals surface area (Å²) in [5.41, 5.74) is 14.5. The highest BCUT2D eigenvalue weighted by molar-refractivity contribution is 8.12. The molecule has 0 bridgehead atoms. The van der Waals surface area contributed by atoms with Gasteiger partial charge in [0.15, 0.2) is 0 Å². The average molecular weight is 1340 g/mol. The minimum Gasteiger partial charge on any atom is -0.492 e. The first-order chi connectivity index (χ1) is 48.5. The molecule has 2 aliphatic carbocycles. The van der Waals surface area contributed by atoms with Crippen LogP contribution in [-0.4, -0.2) is 63.0 Å². The molecule has 0 N–H and O–H groups in total. The van der Waals surface area contributed by atoms with Gasteiger partial charge in [0.05, 0.1) is 21.3 Å². The predicted molar refractivity (Wildman–Crippen MR) is 415 cm³/mol. The SMILES string of the molecule is c1ccc2c(c1)-c1ccc3ccccc3c1C2(c1ccc2cc(OCC3SC3C3SC3COc3ccc4cc(C5(c6ccc7cc(OCC8CS8)ccc7c6)c6c(ccc7ccccc67)-c6ccc7ccccc7c65)ccc4c3)ccc2c1)c1ccc2cc(OC3CCS3)ccc2c1. The number of thioether (sulfide) groups is 4. The molecule has 8 heteroatoms. The molecule has 4 heterocycles. The van der Waals surface area contributed by atoms with Gasteiger partial charge in [-0.25, -0.2) is 0 Å². The second-order valence-electron chi connectivity index (χ2n) is 27.4. The van der Waals surface area contributed by atoms with Crippen LogP contribution < -0.4 is 18.9 Å². The molecule has 0 aromatic heterocycles. The Kier molecular flexibility index (Phi) is 13.3. The standard InChI is InChI=1S/C90H64O4S4/c1-4-12-73-53(9-1)25-36-77-76-15-7-8-16-80(76)89(84(73)77,65-29-18-63-48-71(35-24-59(63)42-65)94-83-39-40-95-83)64-28-17-60-46-69(33-22-56(60)41-64)92-50-81-87(97-81)88-82(98-88)51-93-70-34-23-58-44-67(31-20-62(58)47-70)90(66-30-19-61-45-68(32-21-57(61)43-66)91-49-72-52-96-72)85-74-13-5-2-10-54(74)26-37-78(85)79-38-27-55-11-3-6-14-75(55)86(79)90/h1-38,41-48,72,81-83,87-88H,39-40,49-52H2. The van der Waals surface area contributed by atoms with E-state index in [9.17, 15) is 0 Å². The van der Waals surface area contributed by atoms with Crippen molar-refractivity contribution in [3.05, 3.63) is 324 Å². The molecule has 0 spiro atoms. The number of hydrogen-bond donors (Lipinski definition) is 0. The van der Waals surface area contributed by atoms with Gasteiger partial charge in [-0.15, -0.1) is 35.3 Å². The Bertz CT molecular complexity index is 5750. The van der Waals surface area contributed by atoms with Gasteiger partial charge in [-0.05, 0) is 215 Å². The first-order valence-corrected chi connectivity index (χ1v) is 38.4. The lowest BCUT2D eigenvalue weighted by molar-refractivity contribution is 0.272. The van der Waals surface area contributed by atoms with E-state index in [0.717, 1.165) is 36.0 Å². The first-order valence-electron chi connectivity index (χ1n) is 34.4. The fraction of sp³-hybridized carbons (Fsp3) is 0.156. The highest BCUT2D eigenvalue weighted by Gasteiger charge is 2.56. The van der Waals surface area contributed by atoms with Crippen LogP contribution in [0.15, 0.2) is 279 Å². The summed E-state index contributed by atoms with van der Waals surface area (Å²) in [4.78, 5) is 0. The number of ether oxygens (including phenoxy) is 4. The van der Waals surface area contributed by atoms with Crippen LogP contribution in [0.25, 0.3) is 97.7 Å². The van der Waals surface area contributed by atoms with E-state index in [1.807, 2.05) is 23.5 Å². The van der Waals surface area contributed by atoms with E-state index in [4.69, 9.17) is 18.9 Å². The molecule has 4 nitrogen and oxygen atoms in total. The molecule has 98 heavy (non-hydrogen) atoms. The molecule has 0 radical (unpaired) electrons. The molecule has 0 saturated carbocycles. The van der Waals surface area contributed by atoms with Crippen LogP contribution in [0.3, 0.4) is 0 Å². The first kappa shape index (κ1) is 57.8. The second kappa shape index (κ2) is 22.6. The van der Waals surface area contributed by atoms with E-state index in [2.05, 4.69) is 303 Å². The molecule has 7 unspecified atom stereocenters. The molecule has 4 saturated heterocycles. The van der Waals surface area contributed by atoms with Gasteiger partial charge in [0.25, 0.3) is 0 Å². The van der Waals surface area contributed by atoms with Crippen LogP contribution in [0.2, 0.25) is 0 Å². The quantitative estimate of drug-likeness (QED) is 0.0886.